The molecular formula is C15H25ClN2. The molecule has 0 saturated heterocycles. The predicted octanol–water partition coefficient (Wildman–Crippen LogP) is 3.93. The molecule has 0 heterocycles. The Balaban J connectivity index is 2.67. The second-order valence-corrected chi connectivity index (χ2v) is 5.64. The summed E-state index contributed by atoms with van der Waals surface area (Å²) >= 11 is 6.35. The molecule has 3 heteroatoms. The van der Waals surface area contributed by atoms with E-state index < -0.39 is 0 Å². The molecular weight excluding hydrogens is 244 g/mol. The number of hydrogen-bond acceptors (Lipinski definition) is 2. The summed E-state index contributed by atoms with van der Waals surface area (Å²) in [6.45, 7) is 9.56. The third-order valence-corrected chi connectivity index (χ3v) is 3.12. The summed E-state index contributed by atoms with van der Waals surface area (Å²) in [4.78, 5) is 2.22. The van der Waals surface area contributed by atoms with Gasteiger partial charge in [-0.2, -0.15) is 0 Å². The molecule has 1 N–H and O–H groups in total. The molecule has 0 aliphatic carbocycles. The summed E-state index contributed by atoms with van der Waals surface area (Å²) in [7, 11) is 2.09. The Hall–Kier alpha value is -0.730. The standard InChI is InChI=1S/C15H25ClN2/c1-5-8-17-10-13-6-7-15(14(16)9-13)18(4)11-12(2)3/h6-7,9,12,17H,5,8,10-11H2,1-4H3. The lowest BCUT2D eigenvalue weighted by atomic mass is 10.1. The van der Waals surface area contributed by atoms with Gasteiger partial charge in [0.15, 0.2) is 0 Å². The third kappa shape index (κ3) is 4.87. The summed E-state index contributed by atoms with van der Waals surface area (Å²) in [6, 6.07) is 6.34. The van der Waals surface area contributed by atoms with Crippen LogP contribution in [0.15, 0.2) is 18.2 Å². The van der Waals surface area contributed by atoms with Crippen LogP contribution in [-0.2, 0) is 6.54 Å². The van der Waals surface area contributed by atoms with E-state index in [0.717, 1.165) is 36.8 Å². The summed E-state index contributed by atoms with van der Waals surface area (Å²) in [6.07, 6.45) is 1.16. The van der Waals surface area contributed by atoms with Gasteiger partial charge in [-0.1, -0.05) is 38.4 Å². The fourth-order valence-corrected chi connectivity index (χ4v) is 2.37. The molecule has 1 aromatic carbocycles. The van der Waals surface area contributed by atoms with Crippen LogP contribution in [-0.4, -0.2) is 20.1 Å². The highest BCUT2D eigenvalue weighted by Crippen LogP contribution is 2.26. The van der Waals surface area contributed by atoms with E-state index in [1.807, 2.05) is 0 Å². The zero-order chi connectivity index (χ0) is 13.5. The molecule has 102 valence electrons. The van der Waals surface area contributed by atoms with Crippen molar-refractivity contribution in [2.45, 2.75) is 33.7 Å². The predicted molar refractivity (Wildman–Crippen MR) is 81.6 cm³/mol. The van der Waals surface area contributed by atoms with Gasteiger partial charge in [0.25, 0.3) is 0 Å². The van der Waals surface area contributed by atoms with Gasteiger partial charge in [0.2, 0.25) is 0 Å². The maximum Gasteiger partial charge on any atom is 0.0642 e. The lowest BCUT2D eigenvalue weighted by Gasteiger charge is -2.23. The van der Waals surface area contributed by atoms with E-state index in [0.29, 0.717) is 5.92 Å². The first-order chi connectivity index (χ1) is 8.54. The smallest absolute Gasteiger partial charge is 0.0642 e. The van der Waals surface area contributed by atoms with Crippen molar-refractivity contribution in [1.29, 1.82) is 0 Å². The Labute approximate surface area is 116 Å². The molecule has 0 aliphatic rings. The molecule has 0 aliphatic heterocycles. The second kappa shape index (κ2) is 7.65. The fourth-order valence-electron chi connectivity index (χ4n) is 2.03. The van der Waals surface area contributed by atoms with Gasteiger partial charge in [-0.25, -0.2) is 0 Å². The minimum absolute atomic E-state index is 0.636. The van der Waals surface area contributed by atoms with Crippen LogP contribution in [0.1, 0.15) is 32.8 Å². The zero-order valence-corrected chi connectivity index (χ0v) is 12.7. The topological polar surface area (TPSA) is 15.3 Å². The molecule has 0 spiro atoms. The molecule has 18 heavy (non-hydrogen) atoms. The van der Waals surface area contributed by atoms with Crippen molar-refractivity contribution < 1.29 is 0 Å². The van der Waals surface area contributed by atoms with Gasteiger partial charge in [-0.15, -0.1) is 0 Å². The van der Waals surface area contributed by atoms with E-state index in [-0.39, 0.29) is 0 Å². The first kappa shape index (κ1) is 15.3. The summed E-state index contributed by atoms with van der Waals surface area (Å²) in [5.74, 6) is 0.636. The van der Waals surface area contributed by atoms with E-state index >= 15 is 0 Å². The van der Waals surface area contributed by atoms with E-state index in [2.05, 4.69) is 56.2 Å². The Bertz CT molecular complexity index is 364. The Morgan fingerprint density at radius 1 is 1.33 bits per heavy atom. The Morgan fingerprint density at radius 2 is 2.06 bits per heavy atom. The van der Waals surface area contributed by atoms with Crippen LogP contribution in [0.25, 0.3) is 0 Å². The SMILES string of the molecule is CCCNCc1ccc(N(C)CC(C)C)c(Cl)c1. The van der Waals surface area contributed by atoms with Crippen molar-refractivity contribution in [3.63, 3.8) is 0 Å². The van der Waals surface area contributed by atoms with E-state index in [1.165, 1.54) is 5.56 Å². The molecule has 1 rings (SSSR count). The minimum atomic E-state index is 0.636. The van der Waals surface area contributed by atoms with Crippen LogP contribution in [0.2, 0.25) is 5.02 Å². The summed E-state index contributed by atoms with van der Waals surface area (Å²) in [5, 5.41) is 4.23. The Kier molecular flexibility index (Phi) is 6.51. The summed E-state index contributed by atoms with van der Waals surface area (Å²) in [5.41, 5.74) is 2.36. The minimum Gasteiger partial charge on any atom is -0.373 e. The van der Waals surface area contributed by atoms with Gasteiger partial charge in [0, 0.05) is 20.1 Å². The first-order valence-corrected chi connectivity index (χ1v) is 7.12. The van der Waals surface area contributed by atoms with Crippen molar-refractivity contribution in [2.75, 3.05) is 25.0 Å². The van der Waals surface area contributed by atoms with Gasteiger partial charge < -0.3 is 10.2 Å². The highest BCUT2D eigenvalue weighted by atomic mass is 35.5. The van der Waals surface area contributed by atoms with Crippen LogP contribution < -0.4 is 10.2 Å². The Morgan fingerprint density at radius 3 is 2.61 bits per heavy atom. The number of rotatable bonds is 7. The maximum absolute atomic E-state index is 6.35. The van der Waals surface area contributed by atoms with E-state index in [4.69, 9.17) is 11.6 Å². The fraction of sp³-hybridized carbons (Fsp3) is 0.600. The van der Waals surface area contributed by atoms with Gasteiger partial charge in [0.05, 0.1) is 10.7 Å². The number of nitrogens with one attached hydrogen (secondary N) is 1. The van der Waals surface area contributed by atoms with Gasteiger partial charge >= 0.3 is 0 Å². The lowest BCUT2D eigenvalue weighted by Crippen LogP contribution is -2.22. The van der Waals surface area contributed by atoms with Gasteiger partial charge in [-0.05, 0) is 36.6 Å². The number of anilines is 1. The monoisotopic (exact) mass is 268 g/mol. The van der Waals surface area contributed by atoms with E-state index in [9.17, 15) is 0 Å². The quantitative estimate of drug-likeness (QED) is 0.754. The van der Waals surface area contributed by atoms with Crippen LogP contribution >= 0.6 is 11.6 Å². The van der Waals surface area contributed by atoms with Crippen LogP contribution in [0, 0.1) is 5.92 Å². The third-order valence-electron chi connectivity index (χ3n) is 2.82. The van der Waals surface area contributed by atoms with Crippen molar-refractivity contribution in [1.82, 2.24) is 5.32 Å². The van der Waals surface area contributed by atoms with Crippen molar-refractivity contribution >= 4 is 17.3 Å². The number of nitrogens with zero attached hydrogens (tertiary/aromatic N) is 1. The molecule has 0 atom stereocenters. The molecule has 2 nitrogen and oxygen atoms in total. The normalized spacial score (nSPS) is 11.0. The molecule has 0 fully saturated rings. The van der Waals surface area contributed by atoms with Crippen LogP contribution in [0.5, 0.6) is 0 Å². The van der Waals surface area contributed by atoms with Gasteiger partial charge in [0.1, 0.15) is 0 Å². The lowest BCUT2D eigenvalue weighted by molar-refractivity contribution is 0.638. The summed E-state index contributed by atoms with van der Waals surface area (Å²) < 4.78 is 0. The maximum atomic E-state index is 6.35. The molecule has 0 unspecified atom stereocenters. The van der Waals surface area contributed by atoms with Crippen molar-refractivity contribution in [3.05, 3.63) is 28.8 Å². The average molecular weight is 269 g/mol. The highest BCUT2D eigenvalue weighted by molar-refractivity contribution is 6.33. The highest BCUT2D eigenvalue weighted by Gasteiger charge is 2.08. The molecule has 0 aromatic heterocycles. The van der Waals surface area contributed by atoms with E-state index in [1.54, 1.807) is 0 Å². The average Bonchev–Trinajstić information content (AvgIpc) is 2.28. The second-order valence-electron chi connectivity index (χ2n) is 5.24. The number of halogens is 1. The van der Waals surface area contributed by atoms with Crippen LogP contribution in [0.4, 0.5) is 5.69 Å². The molecule has 0 bridgehead atoms. The number of hydrogen-bond donors (Lipinski definition) is 1. The number of benzene rings is 1. The molecule has 0 radical (unpaired) electrons. The van der Waals surface area contributed by atoms with Crippen molar-refractivity contribution in [3.8, 4) is 0 Å². The van der Waals surface area contributed by atoms with Crippen molar-refractivity contribution in [2.24, 2.45) is 5.92 Å². The molecule has 1 aromatic rings. The molecule has 0 amide bonds. The largest absolute Gasteiger partial charge is 0.373 e. The van der Waals surface area contributed by atoms with Crippen LogP contribution in [0.3, 0.4) is 0 Å². The van der Waals surface area contributed by atoms with Gasteiger partial charge in [-0.3, -0.25) is 0 Å². The first-order valence-electron chi connectivity index (χ1n) is 6.74. The molecule has 0 saturated carbocycles. The zero-order valence-electron chi connectivity index (χ0n) is 12.0.